The molecule has 0 bridgehead atoms. The number of unbranched alkanes of at least 4 members (excludes halogenated alkanes) is 2. The van der Waals surface area contributed by atoms with Crippen LogP contribution in [0.2, 0.25) is 0 Å². The molecule has 0 saturated heterocycles. The van der Waals surface area contributed by atoms with Gasteiger partial charge in [0.1, 0.15) is 0 Å². The zero-order valence-corrected chi connectivity index (χ0v) is 23.8. The van der Waals surface area contributed by atoms with E-state index in [-0.39, 0.29) is 90.4 Å². The van der Waals surface area contributed by atoms with Gasteiger partial charge >= 0.3 is 41.5 Å². The number of rotatable bonds is 16. The minimum Gasteiger partial charge on any atom is -1.00 e. The smallest absolute Gasteiger partial charge is 1.00 e. The van der Waals surface area contributed by atoms with Crippen LogP contribution in [-0.2, 0) is 29.2 Å². The second-order valence-electron chi connectivity index (χ2n) is 7.35. The Balaban J connectivity index is -0.000000607. The van der Waals surface area contributed by atoms with Crippen molar-refractivity contribution in [1.82, 2.24) is 0 Å². The van der Waals surface area contributed by atoms with E-state index in [4.69, 9.17) is 9.47 Å². The molecule has 0 aliphatic heterocycles. The summed E-state index contributed by atoms with van der Waals surface area (Å²) < 4.78 is 42.8. The van der Waals surface area contributed by atoms with E-state index in [1.54, 1.807) is 0 Å². The normalized spacial score (nSPS) is 13.5. The van der Waals surface area contributed by atoms with Gasteiger partial charge in [0.2, 0.25) is 0 Å². The predicted octanol–water partition coefficient (Wildman–Crippen LogP) is 0.663. The van der Waals surface area contributed by atoms with E-state index in [0.29, 0.717) is 0 Å². The molecule has 3 unspecified atom stereocenters. The molecule has 1 N–H and O–H groups in total. The molecule has 0 aromatic carbocycles. The number of esters is 2. The average molecular weight is 558 g/mol. The molecule has 7 nitrogen and oxygen atoms in total. The minimum atomic E-state index is -4.76. The molecular weight excluding hydrogens is 514 g/mol. The second kappa shape index (κ2) is 22.6. The van der Waals surface area contributed by atoms with Crippen LogP contribution in [0.4, 0.5) is 0 Å². The van der Waals surface area contributed by atoms with Gasteiger partial charge in [-0.25, -0.2) is 0 Å². The number of halogens is 1. The van der Waals surface area contributed by atoms with Gasteiger partial charge in [-0.3, -0.25) is 14.1 Å². The maximum Gasteiger partial charge on any atom is 1.00 e. The molecule has 0 aliphatic rings. The average Bonchev–Trinajstić information content (AvgIpc) is 2.65. The van der Waals surface area contributed by atoms with Gasteiger partial charge in [0.15, 0.2) is 22.6 Å². The van der Waals surface area contributed by atoms with Crippen molar-refractivity contribution >= 4 is 56.4 Å². The van der Waals surface area contributed by atoms with E-state index in [1.807, 2.05) is 13.8 Å². The second-order valence-corrected chi connectivity index (χ2v) is 8.95. The van der Waals surface area contributed by atoms with Crippen LogP contribution in [0.15, 0.2) is 0 Å². The SMILES string of the molecule is Br.CCCCC(CC)COC(=O)CC(C(=O)OCC(CC)CCCC)S(=O)(=O)O.[AlH3].[H-].[Na+]. The summed E-state index contributed by atoms with van der Waals surface area (Å²) in [6, 6.07) is 0. The van der Waals surface area contributed by atoms with Gasteiger partial charge < -0.3 is 10.9 Å². The topological polar surface area (TPSA) is 107 Å². The van der Waals surface area contributed by atoms with Crippen molar-refractivity contribution in [1.29, 1.82) is 0 Å². The Kier molecular flexibility index (Phi) is 28.6. The Bertz CT molecular complexity index is 570. The Morgan fingerprint density at radius 2 is 1.32 bits per heavy atom. The first kappa shape index (κ1) is 39.1. The van der Waals surface area contributed by atoms with Crippen LogP contribution in [0.25, 0.3) is 0 Å². The molecule has 0 spiro atoms. The zero-order chi connectivity index (χ0) is 21.6. The molecule has 0 fully saturated rings. The molecule has 0 heterocycles. The third-order valence-electron chi connectivity index (χ3n) is 5.00. The Hall–Kier alpha value is 0.862. The van der Waals surface area contributed by atoms with Gasteiger partial charge in [0.05, 0.1) is 19.6 Å². The number of carbonyl (C=O) groups is 2. The molecule has 3 atom stereocenters. The van der Waals surface area contributed by atoms with Crippen LogP contribution in [0, 0.1) is 11.8 Å². The number of ether oxygens (including phenoxy) is 2. The van der Waals surface area contributed by atoms with Crippen molar-refractivity contribution in [2.45, 2.75) is 90.7 Å². The molecule has 0 radical (unpaired) electrons. The number of hydrogen-bond donors (Lipinski definition) is 1. The fraction of sp³-hybridized carbons (Fsp3) is 0.900. The largest absolute Gasteiger partial charge is 1.00 e. The summed E-state index contributed by atoms with van der Waals surface area (Å²) in [5.41, 5.74) is 0. The van der Waals surface area contributed by atoms with Crippen LogP contribution in [-0.4, -0.2) is 60.7 Å². The first-order valence-electron chi connectivity index (χ1n) is 10.5. The summed E-state index contributed by atoms with van der Waals surface area (Å²) in [5, 5.41) is -1.95. The number of carbonyl (C=O) groups excluding carboxylic acids is 2. The van der Waals surface area contributed by atoms with Crippen molar-refractivity contribution in [2.75, 3.05) is 13.2 Å². The Morgan fingerprint density at radius 3 is 1.68 bits per heavy atom. The third kappa shape index (κ3) is 18.9. The van der Waals surface area contributed by atoms with Crippen LogP contribution < -0.4 is 29.6 Å². The standard InChI is InChI=1S/C20H38O7S.Al.BrH.Na.4H/c1-5-9-11-16(7-3)14-26-19(21)13-18(28(23,24)25)20(22)27-15-17(8-4)12-10-6-2;;;;;;;/h16-18H,5-15H2,1-4H3,(H,23,24,25);;1H;;;;;/q;;;+1;;;;-1. The minimum absolute atomic E-state index is 0. The molecule has 0 saturated carbocycles. The third-order valence-corrected chi connectivity index (χ3v) is 6.08. The maximum absolute atomic E-state index is 12.2. The van der Waals surface area contributed by atoms with Crippen LogP contribution >= 0.6 is 17.0 Å². The van der Waals surface area contributed by atoms with Crippen LogP contribution in [0.1, 0.15) is 86.9 Å². The van der Waals surface area contributed by atoms with E-state index < -0.39 is 33.7 Å². The Morgan fingerprint density at radius 1 is 0.903 bits per heavy atom. The summed E-state index contributed by atoms with van der Waals surface area (Å²) in [7, 11) is -4.76. The molecular formula is C20H43AlBrNaO7S. The summed E-state index contributed by atoms with van der Waals surface area (Å²) in [4.78, 5) is 24.2. The van der Waals surface area contributed by atoms with Crippen molar-refractivity contribution in [3.63, 3.8) is 0 Å². The molecule has 0 aromatic rings. The van der Waals surface area contributed by atoms with Gasteiger partial charge in [-0.05, 0) is 24.7 Å². The fourth-order valence-electron chi connectivity index (χ4n) is 2.82. The van der Waals surface area contributed by atoms with Gasteiger partial charge in [0, 0.05) is 0 Å². The molecule has 0 rings (SSSR count). The van der Waals surface area contributed by atoms with Crippen LogP contribution in [0.5, 0.6) is 0 Å². The van der Waals surface area contributed by atoms with Gasteiger partial charge in [-0.1, -0.05) is 66.2 Å². The summed E-state index contributed by atoms with van der Waals surface area (Å²) in [5.74, 6) is -1.61. The summed E-state index contributed by atoms with van der Waals surface area (Å²) >= 11 is 0. The predicted molar refractivity (Wildman–Crippen MR) is 130 cm³/mol. The first-order valence-corrected chi connectivity index (χ1v) is 12.0. The summed E-state index contributed by atoms with van der Waals surface area (Å²) in [6.07, 6.45) is 6.74. The van der Waals surface area contributed by atoms with E-state index >= 15 is 0 Å². The van der Waals surface area contributed by atoms with Gasteiger partial charge in [0.25, 0.3) is 10.1 Å². The first-order chi connectivity index (χ1) is 13.2. The van der Waals surface area contributed by atoms with Crippen LogP contribution in [0.3, 0.4) is 0 Å². The Labute approximate surface area is 233 Å². The summed E-state index contributed by atoms with van der Waals surface area (Å²) in [6.45, 7) is 8.35. The van der Waals surface area contributed by atoms with E-state index in [2.05, 4.69) is 13.8 Å². The quantitative estimate of drug-likeness (QED) is 0.169. The molecule has 182 valence electrons. The van der Waals surface area contributed by atoms with Gasteiger partial charge in [-0.2, -0.15) is 8.42 Å². The molecule has 0 aromatic heterocycles. The van der Waals surface area contributed by atoms with E-state index in [1.165, 1.54) is 0 Å². The monoisotopic (exact) mass is 556 g/mol. The van der Waals surface area contributed by atoms with Gasteiger partial charge in [-0.15, -0.1) is 17.0 Å². The maximum atomic E-state index is 12.2. The van der Waals surface area contributed by atoms with E-state index in [0.717, 1.165) is 51.4 Å². The molecule has 0 aliphatic carbocycles. The number of hydrogen-bond acceptors (Lipinski definition) is 6. The van der Waals surface area contributed by atoms with Crippen molar-refractivity contribution in [2.24, 2.45) is 11.8 Å². The van der Waals surface area contributed by atoms with Crippen molar-refractivity contribution < 1.29 is 63.0 Å². The molecule has 11 heteroatoms. The van der Waals surface area contributed by atoms with Crippen molar-refractivity contribution in [3.05, 3.63) is 0 Å². The molecule has 0 amide bonds. The van der Waals surface area contributed by atoms with Crippen molar-refractivity contribution in [3.8, 4) is 0 Å². The fourth-order valence-corrected chi connectivity index (χ4v) is 3.48. The van der Waals surface area contributed by atoms with E-state index in [9.17, 15) is 22.6 Å². The zero-order valence-electron chi connectivity index (χ0n) is 20.2. The molecule has 31 heavy (non-hydrogen) atoms.